The highest BCUT2D eigenvalue weighted by Crippen LogP contribution is 1.71. The van der Waals surface area contributed by atoms with E-state index >= 15 is 0 Å². The van der Waals surface area contributed by atoms with Gasteiger partial charge in [0, 0.05) is 0 Å². The molecule has 0 fully saturated rings. The Morgan fingerprint density at radius 3 is 2.33 bits per heavy atom. The van der Waals surface area contributed by atoms with E-state index in [1.54, 1.807) is 0 Å². The van der Waals surface area contributed by atoms with Crippen LogP contribution in [0.15, 0.2) is 0 Å². The van der Waals surface area contributed by atoms with Gasteiger partial charge in [-0.05, 0) is 0 Å². The highest BCUT2D eigenvalue weighted by Gasteiger charge is 1.87. The smallest absolute Gasteiger partial charge is 0.493 e. The lowest BCUT2D eigenvalue weighted by molar-refractivity contribution is 0.125. The van der Waals surface area contributed by atoms with E-state index in [4.69, 9.17) is 0 Å². The van der Waals surface area contributed by atoms with E-state index in [0.717, 1.165) is 0 Å². The highest BCUT2D eigenvalue weighted by molar-refractivity contribution is 6.04. The van der Waals surface area contributed by atoms with Crippen LogP contribution in [0.4, 0.5) is 4.79 Å². The molecule has 0 aromatic carbocycles. The summed E-state index contributed by atoms with van der Waals surface area (Å²) in [7, 11) is 1.69. The zero-order valence-electron chi connectivity index (χ0n) is 3.72. The SMILES string of the molecule is COC(=O)O[SiH3]. The Balaban J connectivity index is 2.99. The van der Waals surface area contributed by atoms with Gasteiger partial charge in [0.05, 0.1) is 7.11 Å². The molecule has 0 atom stereocenters. The lowest BCUT2D eigenvalue weighted by atomic mass is 11.4. The molecule has 0 unspecified atom stereocenters. The summed E-state index contributed by atoms with van der Waals surface area (Å²) in [6.45, 7) is 0. The Kier molecular flexibility index (Phi) is 2.48. The third-order valence-electron chi connectivity index (χ3n) is 0.333. The van der Waals surface area contributed by atoms with Crippen molar-refractivity contribution in [3.05, 3.63) is 0 Å². The minimum atomic E-state index is -0.596. The van der Waals surface area contributed by atoms with Gasteiger partial charge in [-0.2, -0.15) is 0 Å². The molecule has 0 aliphatic heterocycles. The molecule has 0 heterocycles. The van der Waals surface area contributed by atoms with Crippen LogP contribution >= 0.6 is 0 Å². The van der Waals surface area contributed by atoms with Crippen molar-refractivity contribution < 1.29 is 14.0 Å². The summed E-state index contributed by atoms with van der Waals surface area (Å²) in [5.74, 6) is 0. The molecule has 0 aromatic heterocycles. The molecule has 3 nitrogen and oxygen atoms in total. The summed E-state index contributed by atoms with van der Waals surface area (Å²) in [6.07, 6.45) is -0.596. The number of hydrogen-bond donors (Lipinski definition) is 0. The van der Waals surface area contributed by atoms with Crippen molar-refractivity contribution >= 4 is 16.6 Å². The number of carbonyl (C=O) groups excluding carboxylic acids is 1. The Morgan fingerprint density at radius 2 is 2.33 bits per heavy atom. The van der Waals surface area contributed by atoms with Crippen molar-refractivity contribution in [2.75, 3.05) is 7.11 Å². The first kappa shape index (κ1) is 5.49. The first-order valence-corrected chi connectivity index (χ1v) is 2.25. The molecular formula is C2H6O3Si. The first-order chi connectivity index (χ1) is 2.81. The second-order valence-corrected chi connectivity index (χ2v) is 1.07. The van der Waals surface area contributed by atoms with Crippen molar-refractivity contribution in [1.82, 2.24) is 0 Å². The van der Waals surface area contributed by atoms with Gasteiger partial charge < -0.3 is 9.16 Å². The lowest BCUT2D eigenvalue weighted by Gasteiger charge is -1.91. The molecule has 0 saturated heterocycles. The summed E-state index contributed by atoms with van der Waals surface area (Å²) in [6, 6.07) is 0. The fraction of sp³-hybridized carbons (Fsp3) is 0.500. The largest absolute Gasteiger partial charge is 0.499 e. The van der Waals surface area contributed by atoms with Gasteiger partial charge in [-0.15, -0.1) is 0 Å². The van der Waals surface area contributed by atoms with Gasteiger partial charge in [0.2, 0.25) is 10.5 Å². The molecule has 0 amide bonds. The molecule has 0 radical (unpaired) electrons. The maximum absolute atomic E-state index is 9.77. The normalized spacial score (nSPS) is 7.50. The molecule has 0 spiro atoms. The Bertz CT molecular complexity index is 46.8. The summed E-state index contributed by atoms with van der Waals surface area (Å²) >= 11 is 0. The number of carbonyl (C=O) groups is 1. The van der Waals surface area contributed by atoms with Crippen molar-refractivity contribution in [2.24, 2.45) is 0 Å². The number of ether oxygens (including phenoxy) is 1. The highest BCUT2D eigenvalue weighted by atomic mass is 28.2. The Hall–Kier alpha value is -0.513. The summed E-state index contributed by atoms with van der Waals surface area (Å²) in [5.41, 5.74) is 0. The molecule has 4 heteroatoms. The van der Waals surface area contributed by atoms with E-state index in [1.807, 2.05) is 0 Å². The van der Waals surface area contributed by atoms with E-state index in [-0.39, 0.29) is 0 Å². The average Bonchev–Trinajstić information content (AvgIpc) is 1.65. The molecular weight excluding hydrogens is 100 g/mol. The fourth-order valence-corrected chi connectivity index (χ4v) is 0.250. The maximum atomic E-state index is 9.77. The van der Waals surface area contributed by atoms with Crippen LogP contribution in [0.3, 0.4) is 0 Å². The minimum Gasteiger partial charge on any atom is -0.499 e. The summed E-state index contributed by atoms with van der Waals surface area (Å²) in [4.78, 5) is 9.77. The second-order valence-electron chi connectivity index (χ2n) is 0.658. The van der Waals surface area contributed by atoms with Crippen LogP contribution in [0.25, 0.3) is 0 Å². The van der Waals surface area contributed by atoms with Gasteiger partial charge in [-0.3, -0.25) is 0 Å². The van der Waals surface area contributed by atoms with Crippen molar-refractivity contribution in [3.8, 4) is 0 Å². The minimum absolute atomic E-state index is 0.408. The van der Waals surface area contributed by atoms with E-state index < -0.39 is 6.16 Å². The van der Waals surface area contributed by atoms with Crippen molar-refractivity contribution in [1.29, 1.82) is 0 Å². The molecule has 36 valence electrons. The molecule has 0 bridgehead atoms. The molecule has 6 heavy (non-hydrogen) atoms. The molecule has 0 aromatic rings. The number of methoxy groups -OCH3 is 1. The predicted molar refractivity (Wildman–Crippen MR) is 23.4 cm³/mol. The van der Waals surface area contributed by atoms with E-state index in [2.05, 4.69) is 9.16 Å². The topological polar surface area (TPSA) is 35.5 Å². The first-order valence-electron chi connectivity index (χ1n) is 1.43. The monoisotopic (exact) mass is 106 g/mol. The lowest BCUT2D eigenvalue weighted by Crippen LogP contribution is -1.99. The van der Waals surface area contributed by atoms with Crippen LogP contribution in [0.5, 0.6) is 0 Å². The van der Waals surface area contributed by atoms with Gasteiger partial charge in [0.15, 0.2) is 0 Å². The molecule has 0 saturated carbocycles. The van der Waals surface area contributed by atoms with Crippen LogP contribution in [0, 0.1) is 0 Å². The zero-order valence-corrected chi connectivity index (χ0v) is 5.72. The van der Waals surface area contributed by atoms with Gasteiger partial charge in [0.1, 0.15) is 0 Å². The Morgan fingerprint density at radius 1 is 1.83 bits per heavy atom. The number of rotatable bonds is 0. The average molecular weight is 106 g/mol. The van der Waals surface area contributed by atoms with Gasteiger partial charge in [-0.25, -0.2) is 4.79 Å². The summed E-state index contributed by atoms with van der Waals surface area (Å²) in [5, 5.41) is 0. The third-order valence-corrected chi connectivity index (χ3v) is 0.667. The zero-order chi connectivity index (χ0) is 4.99. The van der Waals surface area contributed by atoms with E-state index in [1.165, 1.54) is 7.11 Å². The molecule has 0 aliphatic rings. The summed E-state index contributed by atoms with van der Waals surface area (Å²) < 4.78 is 8.25. The number of hydrogen-bond acceptors (Lipinski definition) is 3. The Labute approximate surface area is 38.8 Å². The van der Waals surface area contributed by atoms with Gasteiger partial charge in [-0.1, -0.05) is 0 Å². The van der Waals surface area contributed by atoms with E-state index in [9.17, 15) is 4.79 Å². The molecule has 0 N–H and O–H groups in total. The van der Waals surface area contributed by atoms with Crippen LogP contribution in [0.1, 0.15) is 0 Å². The molecule has 0 aliphatic carbocycles. The third kappa shape index (κ3) is 1.77. The standard InChI is InChI=1S/C2H6O3Si/c1-4-2(3)5-6/h1,6H3. The van der Waals surface area contributed by atoms with E-state index in [0.29, 0.717) is 10.5 Å². The van der Waals surface area contributed by atoms with Crippen molar-refractivity contribution in [3.63, 3.8) is 0 Å². The van der Waals surface area contributed by atoms with Gasteiger partial charge >= 0.3 is 6.16 Å². The molecule has 0 rings (SSSR count). The fourth-order valence-electron chi connectivity index (χ4n) is 0.0833. The maximum Gasteiger partial charge on any atom is 0.493 e. The van der Waals surface area contributed by atoms with Crippen LogP contribution in [-0.2, 0) is 9.16 Å². The predicted octanol–water partition coefficient (Wildman–Crippen LogP) is -0.950. The van der Waals surface area contributed by atoms with Crippen LogP contribution < -0.4 is 0 Å². The van der Waals surface area contributed by atoms with Crippen molar-refractivity contribution in [2.45, 2.75) is 0 Å². The van der Waals surface area contributed by atoms with Crippen LogP contribution in [-0.4, -0.2) is 23.8 Å². The van der Waals surface area contributed by atoms with Gasteiger partial charge in [0.25, 0.3) is 0 Å². The van der Waals surface area contributed by atoms with Crippen LogP contribution in [0.2, 0.25) is 0 Å². The quantitative estimate of drug-likeness (QED) is 0.295. The second kappa shape index (κ2) is 2.71.